The van der Waals surface area contributed by atoms with Gasteiger partial charge in [0.1, 0.15) is 0 Å². The minimum Gasteiger partial charge on any atom is -0.321 e. The first-order chi connectivity index (χ1) is 15.9. The van der Waals surface area contributed by atoms with Crippen molar-refractivity contribution in [3.8, 4) is 5.69 Å². The second kappa shape index (κ2) is 9.06. The monoisotopic (exact) mass is 547 g/mol. The zero-order valence-electron chi connectivity index (χ0n) is 17.7. The Kier molecular flexibility index (Phi) is 6.13. The molecule has 1 aliphatic rings. The Labute approximate surface area is 208 Å². The van der Waals surface area contributed by atoms with Crippen LogP contribution in [-0.4, -0.2) is 49.4 Å². The zero-order valence-corrected chi connectivity index (χ0v) is 20.8. The average molecular weight is 549 g/mol. The van der Waals surface area contributed by atoms with E-state index < -0.39 is 0 Å². The molecule has 1 fully saturated rings. The van der Waals surface area contributed by atoms with Gasteiger partial charge in [0.25, 0.3) is 5.56 Å². The highest BCUT2D eigenvalue weighted by Gasteiger charge is 2.20. The van der Waals surface area contributed by atoms with Crippen molar-refractivity contribution in [3.63, 3.8) is 0 Å². The van der Waals surface area contributed by atoms with Crippen LogP contribution in [0, 0.1) is 0 Å². The first kappa shape index (κ1) is 22.3. The van der Waals surface area contributed by atoms with Crippen molar-refractivity contribution in [2.75, 3.05) is 25.5 Å². The molecule has 5 rings (SSSR count). The van der Waals surface area contributed by atoms with Crippen LogP contribution in [0.2, 0.25) is 10.0 Å². The minimum atomic E-state index is -0.316. The molecule has 1 N–H and O–H groups in total. The van der Waals surface area contributed by atoms with Gasteiger partial charge in [-0.25, -0.2) is 9.97 Å². The van der Waals surface area contributed by atoms with E-state index in [4.69, 9.17) is 23.2 Å². The number of aromatic nitrogens is 5. The van der Waals surface area contributed by atoms with Crippen LogP contribution in [0.25, 0.3) is 16.6 Å². The van der Waals surface area contributed by atoms with Crippen LogP contribution in [0.3, 0.4) is 0 Å². The summed E-state index contributed by atoms with van der Waals surface area (Å²) in [6.45, 7) is 2.09. The van der Waals surface area contributed by atoms with Gasteiger partial charge in [0.05, 0.1) is 49.0 Å². The van der Waals surface area contributed by atoms with E-state index in [9.17, 15) is 4.79 Å². The minimum absolute atomic E-state index is 0.316. The molecule has 0 aliphatic carbocycles. The predicted octanol–water partition coefficient (Wildman–Crippen LogP) is 5.06. The van der Waals surface area contributed by atoms with E-state index >= 15 is 0 Å². The third-order valence-electron chi connectivity index (χ3n) is 5.72. The summed E-state index contributed by atoms with van der Waals surface area (Å²) in [5.74, 6) is 0.372. The summed E-state index contributed by atoms with van der Waals surface area (Å²) in [4.78, 5) is 24.4. The highest BCUT2D eigenvalue weighted by molar-refractivity contribution is 9.10. The van der Waals surface area contributed by atoms with Crippen molar-refractivity contribution < 1.29 is 0 Å². The van der Waals surface area contributed by atoms with Gasteiger partial charge in [-0.05, 0) is 54.5 Å². The highest BCUT2D eigenvalue weighted by atomic mass is 79.9. The summed E-state index contributed by atoms with van der Waals surface area (Å²) >= 11 is 16.1. The summed E-state index contributed by atoms with van der Waals surface area (Å²) < 4.78 is 4.00. The molecule has 8 nitrogen and oxygen atoms in total. The van der Waals surface area contributed by atoms with Crippen LogP contribution in [0.1, 0.15) is 18.9 Å². The van der Waals surface area contributed by atoms with Gasteiger partial charge in [-0.1, -0.05) is 29.3 Å². The number of pyridine rings is 1. The number of fused-ring (bicyclic) bond motifs is 1. The molecule has 0 radical (unpaired) electrons. The molecule has 11 heteroatoms. The van der Waals surface area contributed by atoms with Crippen LogP contribution in [0.15, 0.2) is 52.3 Å². The fourth-order valence-corrected chi connectivity index (χ4v) is 5.20. The molecule has 1 aromatic carbocycles. The van der Waals surface area contributed by atoms with Gasteiger partial charge in [-0.3, -0.25) is 14.0 Å². The quantitative estimate of drug-likeness (QED) is 0.384. The van der Waals surface area contributed by atoms with E-state index in [0.717, 1.165) is 31.6 Å². The predicted molar refractivity (Wildman–Crippen MR) is 134 cm³/mol. The van der Waals surface area contributed by atoms with Crippen molar-refractivity contribution in [3.05, 3.63) is 67.9 Å². The number of nitrogens with one attached hydrogen (secondary N) is 1. The summed E-state index contributed by atoms with van der Waals surface area (Å²) in [6, 6.07) is 5.44. The van der Waals surface area contributed by atoms with Gasteiger partial charge in [-0.15, -0.1) is 0 Å². The number of hydrogen-bond acceptors (Lipinski definition) is 6. The van der Waals surface area contributed by atoms with Gasteiger partial charge in [-0.2, -0.15) is 5.10 Å². The number of benzene rings is 1. The Bertz CT molecular complexity index is 1380. The SMILES string of the molecule is CN1CCCC(n2cc(Nc3ncc4c(=O)n(-c5c(Cl)cccc5Cl)cc(Br)c4n3)cn2)C1. The Hall–Kier alpha value is -2.46. The van der Waals surface area contributed by atoms with Crippen molar-refractivity contribution >= 4 is 61.7 Å². The Morgan fingerprint density at radius 1 is 1.18 bits per heavy atom. The lowest BCUT2D eigenvalue weighted by Crippen LogP contribution is -2.33. The Morgan fingerprint density at radius 2 is 1.97 bits per heavy atom. The molecule has 1 atom stereocenters. The molecule has 3 aromatic heterocycles. The number of para-hydroxylation sites is 1. The molecule has 1 aliphatic heterocycles. The average Bonchev–Trinajstić information content (AvgIpc) is 3.25. The molecular formula is C22H20BrCl2N7O. The summed E-state index contributed by atoms with van der Waals surface area (Å²) in [5, 5.41) is 8.78. The normalized spacial score (nSPS) is 16.9. The maximum absolute atomic E-state index is 13.2. The molecule has 0 spiro atoms. The van der Waals surface area contributed by atoms with Crippen molar-refractivity contribution in [2.24, 2.45) is 0 Å². The molecular weight excluding hydrogens is 529 g/mol. The number of likely N-dealkylation sites (N-methyl/N-ethyl adjacent to an activating group) is 1. The van der Waals surface area contributed by atoms with Crippen LogP contribution in [-0.2, 0) is 0 Å². The molecule has 0 bridgehead atoms. The first-order valence-corrected chi connectivity index (χ1v) is 12.0. The van der Waals surface area contributed by atoms with E-state index in [-0.39, 0.29) is 5.56 Å². The number of piperidine rings is 1. The smallest absolute Gasteiger partial charge is 0.266 e. The number of anilines is 2. The lowest BCUT2D eigenvalue weighted by Gasteiger charge is -2.29. The standard InChI is InChI=1S/C22H20BrCl2N7O/c1-30-7-3-4-14(11-30)32-10-13(8-27-32)28-22-26-9-15-19(29-22)16(23)12-31(21(15)33)20-17(24)5-2-6-18(20)25/h2,5-6,8-10,12,14H,3-4,7,11H2,1H3,(H,26,28,29). The number of halogens is 3. The van der Waals surface area contributed by atoms with Crippen LogP contribution >= 0.6 is 39.1 Å². The van der Waals surface area contributed by atoms with Gasteiger partial charge >= 0.3 is 0 Å². The van der Waals surface area contributed by atoms with E-state index in [1.54, 1.807) is 30.6 Å². The van der Waals surface area contributed by atoms with Crippen molar-refractivity contribution in [1.29, 1.82) is 0 Å². The fraction of sp³-hybridized carbons (Fsp3) is 0.273. The molecule has 0 amide bonds. The highest BCUT2D eigenvalue weighted by Crippen LogP contribution is 2.30. The number of hydrogen-bond donors (Lipinski definition) is 1. The molecule has 4 aromatic rings. The van der Waals surface area contributed by atoms with E-state index in [0.29, 0.717) is 43.1 Å². The summed E-state index contributed by atoms with van der Waals surface area (Å²) in [5.41, 5.74) is 1.37. The van der Waals surface area contributed by atoms with Gasteiger partial charge < -0.3 is 10.2 Å². The van der Waals surface area contributed by atoms with E-state index in [1.807, 2.05) is 10.9 Å². The summed E-state index contributed by atoms with van der Waals surface area (Å²) in [7, 11) is 2.13. The first-order valence-electron chi connectivity index (χ1n) is 10.4. The molecule has 170 valence electrons. The Morgan fingerprint density at radius 3 is 2.73 bits per heavy atom. The van der Waals surface area contributed by atoms with E-state index in [1.165, 1.54) is 10.8 Å². The zero-order chi connectivity index (χ0) is 23.1. The lowest BCUT2D eigenvalue weighted by molar-refractivity contribution is 0.202. The number of nitrogens with zero attached hydrogens (tertiary/aromatic N) is 6. The van der Waals surface area contributed by atoms with Crippen LogP contribution in [0.4, 0.5) is 11.6 Å². The second-order valence-corrected chi connectivity index (χ2v) is 9.74. The van der Waals surface area contributed by atoms with Gasteiger partial charge in [0.15, 0.2) is 0 Å². The number of likely N-dealkylation sites (tertiary alicyclic amines) is 1. The second-order valence-electron chi connectivity index (χ2n) is 8.07. The Balaban J connectivity index is 1.46. The fourth-order valence-electron chi connectivity index (χ4n) is 4.12. The van der Waals surface area contributed by atoms with Crippen molar-refractivity contribution in [1.82, 2.24) is 29.2 Å². The van der Waals surface area contributed by atoms with Crippen LogP contribution < -0.4 is 10.9 Å². The molecule has 1 unspecified atom stereocenters. The van der Waals surface area contributed by atoms with Gasteiger partial charge in [0, 0.05) is 25.1 Å². The topological polar surface area (TPSA) is 80.9 Å². The van der Waals surface area contributed by atoms with Gasteiger partial charge in [0.2, 0.25) is 5.95 Å². The largest absolute Gasteiger partial charge is 0.321 e. The third kappa shape index (κ3) is 4.38. The van der Waals surface area contributed by atoms with Crippen LogP contribution in [0.5, 0.6) is 0 Å². The summed E-state index contributed by atoms with van der Waals surface area (Å²) in [6.07, 6.45) is 9.10. The maximum atomic E-state index is 13.2. The molecule has 1 saturated heterocycles. The third-order valence-corrected chi connectivity index (χ3v) is 6.91. The molecule has 33 heavy (non-hydrogen) atoms. The van der Waals surface area contributed by atoms with E-state index in [2.05, 4.69) is 48.3 Å². The molecule has 0 saturated carbocycles. The molecule has 4 heterocycles. The number of rotatable bonds is 4. The maximum Gasteiger partial charge on any atom is 0.266 e. The lowest BCUT2D eigenvalue weighted by atomic mass is 10.1. The van der Waals surface area contributed by atoms with Crippen molar-refractivity contribution in [2.45, 2.75) is 18.9 Å².